The second kappa shape index (κ2) is 10.2. The van der Waals surface area contributed by atoms with Crippen molar-refractivity contribution in [3.05, 3.63) is 83.7 Å². The van der Waals surface area contributed by atoms with Crippen molar-refractivity contribution in [3.8, 4) is 11.5 Å². The average molecular weight is 444 g/mol. The zero-order valence-electron chi connectivity index (χ0n) is 17.7. The van der Waals surface area contributed by atoms with Gasteiger partial charge in [-0.15, -0.1) is 0 Å². The Balaban J connectivity index is 1.84. The molecule has 0 saturated carbocycles. The highest BCUT2D eigenvalue weighted by atomic mass is 19.4. The molecule has 0 radical (unpaired) electrons. The fourth-order valence-corrected chi connectivity index (χ4v) is 3.24. The molecule has 0 atom stereocenters. The van der Waals surface area contributed by atoms with Crippen LogP contribution in [0.1, 0.15) is 16.8 Å². The minimum absolute atomic E-state index is 0.0855. The summed E-state index contributed by atoms with van der Waals surface area (Å²) in [5.74, 6) is 0.800. The van der Waals surface area contributed by atoms with Crippen LogP contribution in [0, 0.1) is 0 Å². The van der Waals surface area contributed by atoms with Crippen molar-refractivity contribution in [3.63, 3.8) is 0 Å². The number of benzene rings is 2. The Morgan fingerprint density at radius 2 is 1.69 bits per heavy atom. The number of amides is 1. The highest BCUT2D eigenvalue weighted by Crippen LogP contribution is 2.32. The molecule has 5 nitrogen and oxygen atoms in total. The molecule has 0 fully saturated rings. The molecule has 1 amide bonds. The highest BCUT2D eigenvalue weighted by Gasteiger charge is 2.30. The quantitative estimate of drug-likeness (QED) is 0.494. The van der Waals surface area contributed by atoms with Crippen LogP contribution in [-0.4, -0.2) is 31.7 Å². The maximum absolute atomic E-state index is 13.1. The molecule has 8 heteroatoms. The summed E-state index contributed by atoms with van der Waals surface area (Å²) in [5, 5.41) is 0. The molecular formula is C24H23F3N2O3. The molecule has 1 heterocycles. The maximum Gasteiger partial charge on any atom is 0.416 e. The summed E-state index contributed by atoms with van der Waals surface area (Å²) in [7, 11) is 3.02. The topological polar surface area (TPSA) is 51.7 Å². The summed E-state index contributed by atoms with van der Waals surface area (Å²) in [5.41, 5.74) is 1.20. The number of carbonyl (C=O) groups is 1. The van der Waals surface area contributed by atoms with Gasteiger partial charge in [-0.05, 0) is 48.4 Å². The third-order valence-electron chi connectivity index (χ3n) is 4.94. The van der Waals surface area contributed by atoms with E-state index < -0.39 is 11.7 Å². The van der Waals surface area contributed by atoms with Crippen LogP contribution in [0.15, 0.2) is 66.9 Å². The molecular weight excluding hydrogens is 421 g/mol. The molecule has 168 valence electrons. The van der Waals surface area contributed by atoms with Crippen molar-refractivity contribution in [2.75, 3.05) is 25.7 Å². The molecule has 0 aliphatic heterocycles. The van der Waals surface area contributed by atoms with Crippen molar-refractivity contribution in [2.24, 2.45) is 0 Å². The van der Waals surface area contributed by atoms with E-state index in [1.54, 1.807) is 47.5 Å². The van der Waals surface area contributed by atoms with Crippen molar-refractivity contribution in [1.82, 2.24) is 4.98 Å². The number of nitrogens with zero attached hydrogens (tertiary/aromatic N) is 2. The number of methoxy groups -OCH3 is 2. The monoisotopic (exact) mass is 444 g/mol. The number of carbonyl (C=O) groups excluding carboxylic acids is 1. The summed E-state index contributed by atoms with van der Waals surface area (Å²) in [6.07, 6.45) is -2.31. The molecule has 32 heavy (non-hydrogen) atoms. The van der Waals surface area contributed by atoms with Gasteiger partial charge in [-0.1, -0.05) is 18.2 Å². The van der Waals surface area contributed by atoms with E-state index in [2.05, 4.69) is 4.98 Å². The molecule has 1 aromatic heterocycles. The zero-order valence-corrected chi connectivity index (χ0v) is 17.7. The Morgan fingerprint density at radius 1 is 0.969 bits per heavy atom. The van der Waals surface area contributed by atoms with Gasteiger partial charge in [0.05, 0.1) is 26.2 Å². The molecule has 0 spiro atoms. The first-order valence-corrected chi connectivity index (χ1v) is 9.90. The third-order valence-corrected chi connectivity index (χ3v) is 4.94. The van der Waals surface area contributed by atoms with Crippen LogP contribution in [0.4, 0.5) is 18.9 Å². The Kier molecular flexibility index (Phi) is 7.35. The van der Waals surface area contributed by atoms with Crippen molar-refractivity contribution >= 4 is 11.6 Å². The van der Waals surface area contributed by atoms with Gasteiger partial charge in [0.2, 0.25) is 5.91 Å². The van der Waals surface area contributed by atoms with Gasteiger partial charge >= 0.3 is 6.18 Å². The van der Waals surface area contributed by atoms with Crippen molar-refractivity contribution in [2.45, 2.75) is 19.0 Å². The Labute approximate surface area is 184 Å². The number of pyridine rings is 1. The summed E-state index contributed by atoms with van der Waals surface area (Å²) in [6.45, 7) is 0.270. The number of hydrogen-bond acceptors (Lipinski definition) is 4. The smallest absolute Gasteiger partial charge is 0.416 e. The zero-order chi connectivity index (χ0) is 23.1. The van der Waals surface area contributed by atoms with E-state index in [-0.39, 0.29) is 18.9 Å². The third kappa shape index (κ3) is 5.78. The molecule has 3 rings (SSSR count). The molecule has 0 unspecified atom stereocenters. The van der Waals surface area contributed by atoms with E-state index in [4.69, 9.17) is 9.47 Å². The normalized spacial score (nSPS) is 11.2. The van der Waals surface area contributed by atoms with Crippen LogP contribution in [0.2, 0.25) is 0 Å². The minimum Gasteiger partial charge on any atom is -0.493 e. The minimum atomic E-state index is -4.39. The number of anilines is 1. The van der Waals surface area contributed by atoms with Gasteiger partial charge in [0.1, 0.15) is 0 Å². The van der Waals surface area contributed by atoms with Gasteiger partial charge in [-0.25, -0.2) is 0 Å². The van der Waals surface area contributed by atoms with Gasteiger partial charge in [-0.3, -0.25) is 9.78 Å². The van der Waals surface area contributed by atoms with E-state index in [1.807, 2.05) is 0 Å². The van der Waals surface area contributed by atoms with Gasteiger partial charge < -0.3 is 14.4 Å². The lowest BCUT2D eigenvalue weighted by molar-refractivity contribution is -0.137. The molecule has 0 aliphatic rings. The van der Waals surface area contributed by atoms with Gasteiger partial charge in [0.15, 0.2) is 11.5 Å². The van der Waals surface area contributed by atoms with Crippen LogP contribution in [-0.2, 0) is 23.8 Å². The Hall–Kier alpha value is -3.55. The summed E-state index contributed by atoms with van der Waals surface area (Å²) < 4.78 is 49.1. The lowest BCUT2D eigenvalue weighted by atomic mass is 10.1. The molecule has 0 bridgehead atoms. The predicted molar refractivity (Wildman–Crippen MR) is 115 cm³/mol. The van der Waals surface area contributed by atoms with E-state index in [0.717, 1.165) is 12.1 Å². The largest absolute Gasteiger partial charge is 0.493 e. The summed E-state index contributed by atoms with van der Waals surface area (Å²) in [6, 6.07) is 15.4. The van der Waals surface area contributed by atoms with Gasteiger partial charge in [-0.2, -0.15) is 13.2 Å². The predicted octanol–water partition coefficient (Wildman–Crippen LogP) is 4.94. The molecule has 0 aliphatic carbocycles. The lowest BCUT2D eigenvalue weighted by Gasteiger charge is -2.24. The highest BCUT2D eigenvalue weighted by molar-refractivity contribution is 5.95. The molecule has 2 aromatic carbocycles. The lowest BCUT2D eigenvalue weighted by Crippen LogP contribution is -2.34. The SMILES string of the molecule is COc1ccc(N(CCc2ccc(C(F)(F)F)cc2)C(=O)Cc2ccccn2)cc1OC. The Bertz CT molecular complexity index is 1040. The van der Waals surface area contributed by atoms with E-state index in [9.17, 15) is 18.0 Å². The number of hydrogen-bond donors (Lipinski definition) is 0. The molecule has 3 aromatic rings. The van der Waals surface area contributed by atoms with Gasteiger partial charge in [0, 0.05) is 30.2 Å². The first-order valence-electron chi connectivity index (χ1n) is 9.90. The standard InChI is InChI=1S/C24H23F3N2O3/c1-31-21-11-10-20(16-22(21)32-2)29(23(30)15-19-5-3-4-13-28-19)14-12-17-6-8-18(9-7-17)24(25,26)27/h3-11,13,16H,12,14-15H2,1-2H3. The van der Waals surface area contributed by atoms with Crippen LogP contribution in [0.5, 0.6) is 11.5 Å². The average Bonchev–Trinajstić information content (AvgIpc) is 2.79. The van der Waals surface area contributed by atoms with E-state index >= 15 is 0 Å². The van der Waals surface area contributed by atoms with Crippen LogP contribution < -0.4 is 14.4 Å². The maximum atomic E-state index is 13.1. The number of rotatable bonds is 8. The Morgan fingerprint density at radius 3 is 2.28 bits per heavy atom. The van der Waals surface area contributed by atoms with Gasteiger partial charge in [0.25, 0.3) is 0 Å². The summed E-state index contributed by atoms with van der Waals surface area (Å²) >= 11 is 0. The van der Waals surface area contributed by atoms with Crippen LogP contribution in [0.25, 0.3) is 0 Å². The number of alkyl halides is 3. The molecule has 0 N–H and O–H groups in total. The molecule has 0 saturated heterocycles. The first-order chi connectivity index (χ1) is 15.3. The fourth-order valence-electron chi connectivity index (χ4n) is 3.24. The van der Waals surface area contributed by atoms with Crippen LogP contribution >= 0.6 is 0 Å². The van der Waals surface area contributed by atoms with Crippen molar-refractivity contribution in [1.29, 1.82) is 0 Å². The fraction of sp³-hybridized carbons (Fsp3) is 0.250. The summed E-state index contributed by atoms with van der Waals surface area (Å²) in [4.78, 5) is 18.9. The van der Waals surface area contributed by atoms with E-state index in [1.165, 1.54) is 26.4 Å². The van der Waals surface area contributed by atoms with Crippen molar-refractivity contribution < 1.29 is 27.4 Å². The number of aromatic nitrogens is 1. The number of halogens is 3. The van der Waals surface area contributed by atoms with E-state index in [0.29, 0.717) is 34.9 Å². The first kappa shape index (κ1) is 23.1. The van der Waals surface area contributed by atoms with Crippen LogP contribution in [0.3, 0.4) is 0 Å². The number of ether oxygens (including phenoxy) is 2. The second-order valence-corrected chi connectivity index (χ2v) is 7.03. The second-order valence-electron chi connectivity index (χ2n) is 7.03.